The minimum atomic E-state index is -0.378. The van der Waals surface area contributed by atoms with Gasteiger partial charge in [-0.1, -0.05) is 6.92 Å². The molecule has 5 nitrogen and oxygen atoms in total. The largest absolute Gasteiger partial charge is 0.394 e. The van der Waals surface area contributed by atoms with E-state index in [2.05, 4.69) is 10.4 Å². The van der Waals surface area contributed by atoms with Gasteiger partial charge in [-0.05, 0) is 13.3 Å². The van der Waals surface area contributed by atoms with Crippen LogP contribution >= 0.6 is 0 Å². The topological polar surface area (TPSA) is 76.1 Å². The lowest BCUT2D eigenvalue weighted by Crippen LogP contribution is -2.30. The molecule has 5 heteroatoms. The summed E-state index contributed by atoms with van der Waals surface area (Å²) >= 11 is 0. The molecule has 4 N–H and O–H groups in total. The van der Waals surface area contributed by atoms with Crippen LogP contribution in [0.2, 0.25) is 0 Å². The van der Waals surface area contributed by atoms with E-state index in [-0.39, 0.29) is 12.1 Å². The quantitative estimate of drug-likeness (QED) is 0.661. The lowest BCUT2D eigenvalue weighted by molar-refractivity contribution is 0.154. The summed E-state index contributed by atoms with van der Waals surface area (Å²) in [4.78, 5) is 0. The van der Waals surface area contributed by atoms with Gasteiger partial charge < -0.3 is 16.2 Å². The Labute approximate surface area is 83.9 Å². The Hall–Kier alpha value is -1.23. The third-order valence-electron chi connectivity index (χ3n) is 2.22. The number of aryl methyl sites for hydroxylation is 1. The molecule has 1 rings (SSSR count). The zero-order valence-electron chi connectivity index (χ0n) is 8.86. The molecule has 2 atom stereocenters. The van der Waals surface area contributed by atoms with Crippen LogP contribution in [-0.2, 0) is 7.05 Å². The SMILES string of the molecule is CCC(O)C(C)Nc1nn(C)cc1N. The van der Waals surface area contributed by atoms with Crippen LogP contribution in [0.4, 0.5) is 11.5 Å². The van der Waals surface area contributed by atoms with Gasteiger partial charge in [0.05, 0.1) is 17.8 Å². The Morgan fingerprint density at radius 1 is 1.71 bits per heavy atom. The molecule has 0 spiro atoms. The third kappa shape index (κ3) is 2.38. The molecule has 2 unspecified atom stereocenters. The van der Waals surface area contributed by atoms with E-state index >= 15 is 0 Å². The van der Waals surface area contributed by atoms with Crippen molar-refractivity contribution in [2.75, 3.05) is 11.1 Å². The fourth-order valence-corrected chi connectivity index (χ4v) is 1.28. The Kier molecular flexibility index (Phi) is 3.35. The van der Waals surface area contributed by atoms with E-state index < -0.39 is 0 Å². The van der Waals surface area contributed by atoms with Crippen LogP contribution < -0.4 is 11.1 Å². The third-order valence-corrected chi connectivity index (χ3v) is 2.22. The van der Waals surface area contributed by atoms with Gasteiger partial charge in [-0.2, -0.15) is 5.10 Å². The predicted octanol–water partition coefficient (Wildman–Crippen LogP) is 0.574. The maximum absolute atomic E-state index is 9.55. The van der Waals surface area contributed by atoms with Gasteiger partial charge in [-0.3, -0.25) is 4.68 Å². The van der Waals surface area contributed by atoms with E-state index in [0.717, 1.165) is 0 Å². The number of aromatic nitrogens is 2. The number of aliphatic hydroxyl groups is 1. The van der Waals surface area contributed by atoms with Crippen LogP contribution in [0.25, 0.3) is 0 Å². The molecule has 1 aromatic heterocycles. The number of anilines is 2. The molecular weight excluding hydrogens is 180 g/mol. The molecular formula is C9H18N4O. The lowest BCUT2D eigenvalue weighted by Gasteiger charge is -2.18. The molecule has 0 bridgehead atoms. The number of nitrogens with one attached hydrogen (secondary N) is 1. The first kappa shape index (κ1) is 10.8. The number of nitrogen functional groups attached to an aromatic ring is 1. The van der Waals surface area contributed by atoms with Crippen LogP contribution in [0.3, 0.4) is 0 Å². The van der Waals surface area contributed by atoms with Crippen LogP contribution in [-0.4, -0.2) is 27.0 Å². The summed E-state index contributed by atoms with van der Waals surface area (Å²) in [6, 6.07) is -0.0443. The molecule has 0 saturated carbocycles. The summed E-state index contributed by atoms with van der Waals surface area (Å²) in [5.41, 5.74) is 6.30. The number of nitrogens with two attached hydrogens (primary N) is 1. The molecule has 0 aromatic carbocycles. The summed E-state index contributed by atoms with van der Waals surface area (Å²) in [7, 11) is 1.81. The molecule has 0 amide bonds. The van der Waals surface area contributed by atoms with Crippen molar-refractivity contribution in [1.82, 2.24) is 9.78 Å². The Balaban J connectivity index is 2.64. The predicted molar refractivity (Wildman–Crippen MR) is 57.0 cm³/mol. The standard InChI is InChI=1S/C9H18N4O/c1-4-8(14)6(2)11-9-7(10)5-13(3)12-9/h5-6,8,14H,4,10H2,1-3H3,(H,11,12). The molecule has 1 aromatic rings. The highest BCUT2D eigenvalue weighted by Gasteiger charge is 2.14. The zero-order valence-corrected chi connectivity index (χ0v) is 8.86. The smallest absolute Gasteiger partial charge is 0.171 e. The molecule has 0 fully saturated rings. The van der Waals surface area contributed by atoms with E-state index in [1.807, 2.05) is 20.9 Å². The highest BCUT2D eigenvalue weighted by molar-refractivity contribution is 5.60. The molecule has 0 aliphatic heterocycles. The Morgan fingerprint density at radius 2 is 2.36 bits per heavy atom. The van der Waals surface area contributed by atoms with Crippen molar-refractivity contribution in [3.8, 4) is 0 Å². The van der Waals surface area contributed by atoms with Crippen LogP contribution in [0, 0.1) is 0 Å². The normalized spacial score (nSPS) is 15.1. The van der Waals surface area contributed by atoms with Crippen LogP contribution in [0.5, 0.6) is 0 Å². The second-order valence-electron chi connectivity index (χ2n) is 3.52. The molecule has 80 valence electrons. The van der Waals surface area contributed by atoms with Gasteiger partial charge in [-0.15, -0.1) is 0 Å². The fourth-order valence-electron chi connectivity index (χ4n) is 1.28. The summed E-state index contributed by atoms with van der Waals surface area (Å²) in [5.74, 6) is 0.632. The van der Waals surface area contributed by atoms with Gasteiger partial charge in [-0.25, -0.2) is 0 Å². The number of hydrogen-bond donors (Lipinski definition) is 3. The zero-order chi connectivity index (χ0) is 10.7. The Bertz CT molecular complexity index is 297. The summed E-state index contributed by atoms with van der Waals surface area (Å²) in [6.07, 6.45) is 2.06. The van der Waals surface area contributed by atoms with Crippen molar-refractivity contribution in [3.63, 3.8) is 0 Å². The highest BCUT2D eigenvalue weighted by Crippen LogP contribution is 2.16. The maximum atomic E-state index is 9.55. The second kappa shape index (κ2) is 4.32. The average Bonchev–Trinajstić information content (AvgIpc) is 2.44. The number of aliphatic hydroxyl groups excluding tert-OH is 1. The molecule has 0 aliphatic carbocycles. The number of hydrogen-bond acceptors (Lipinski definition) is 4. The van der Waals surface area contributed by atoms with E-state index in [1.54, 1.807) is 10.9 Å². The lowest BCUT2D eigenvalue weighted by atomic mass is 10.1. The van der Waals surface area contributed by atoms with Gasteiger partial charge in [0.2, 0.25) is 0 Å². The van der Waals surface area contributed by atoms with Crippen molar-refractivity contribution in [2.45, 2.75) is 32.4 Å². The maximum Gasteiger partial charge on any atom is 0.171 e. The van der Waals surface area contributed by atoms with Gasteiger partial charge in [0.1, 0.15) is 0 Å². The molecule has 14 heavy (non-hydrogen) atoms. The minimum Gasteiger partial charge on any atom is -0.394 e. The first-order valence-corrected chi connectivity index (χ1v) is 4.78. The Morgan fingerprint density at radius 3 is 2.79 bits per heavy atom. The summed E-state index contributed by atoms with van der Waals surface area (Å²) < 4.78 is 1.64. The van der Waals surface area contributed by atoms with Gasteiger partial charge in [0.25, 0.3) is 0 Å². The van der Waals surface area contributed by atoms with Crippen LogP contribution in [0.15, 0.2) is 6.20 Å². The van der Waals surface area contributed by atoms with Gasteiger partial charge in [0.15, 0.2) is 5.82 Å². The van der Waals surface area contributed by atoms with Gasteiger partial charge >= 0.3 is 0 Å². The first-order chi connectivity index (χ1) is 6.54. The van der Waals surface area contributed by atoms with Crippen molar-refractivity contribution in [2.24, 2.45) is 7.05 Å². The number of nitrogens with zero attached hydrogens (tertiary/aromatic N) is 2. The highest BCUT2D eigenvalue weighted by atomic mass is 16.3. The number of rotatable bonds is 4. The first-order valence-electron chi connectivity index (χ1n) is 4.78. The van der Waals surface area contributed by atoms with E-state index in [9.17, 15) is 5.11 Å². The van der Waals surface area contributed by atoms with Gasteiger partial charge in [0, 0.05) is 13.2 Å². The van der Waals surface area contributed by atoms with Crippen molar-refractivity contribution in [1.29, 1.82) is 0 Å². The van der Waals surface area contributed by atoms with Crippen molar-refractivity contribution < 1.29 is 5.11 Å². The minimum absolute atomic E-state index is 0.0443. The van der Waals surface area contributed by atoms with Crippen molar-refractivity contribution >= 4 is 11.5 Å². The summed E-state index contributed by atoms with van der Waals surface area (Å²) in [6.45, 7) is 3.84. The van der Waals surface area contributed by atoms with Crippen molar-refractivity contribution in [3.05, 3.63) is 6.20 Å². The summed E-state index contributed by atoms with van der Waals surface area (Å²) in [5, 5.41) is 16.8. The molecule has 0 aliphatic rings. The van der Waals surface area contributed by atoms with E-state index in [0.29, 0.717) is 17.9 Å². The van der Waals surface area contributed by atoms with Crippen LogP contribution in [0.1, 0.15) is 20.3 Å². The van der Waals surface area contributed by atoms with E-state index in [1.165, 1.54) is 0 Å². The second-order valence-corrected chi connectivity index (χ2v) is 3.52. The molecule has 0 radical (unpaired) electrons. The monoisotopic (exact) mass is 198 g/mol. The van der Waals surface area contributed by atoms with E-state index in [4.69, 9.17) is 5.73 Å². The molecule has 1 heterocycles. The fraction of sp³-hybridized carbons (Fsp3) is 0.667. The molecule has 0 saturated heterocycles. The average molecular weight is 198 g/mol.